The maximum absolute atomic E-state index is 12.1. The lowest BCUT2D eigenvalue weighted by molar-refractivity contribution is 0.324. The Bertz CT molecular complexity index is 670. The molecule has 1 aliphatic heterocycles. The van der Waals surface area contributed by atoms with Crippen molar-refractivity contribution in [3.05, 3.63) is 48.3 Å². The molecule has 0 saturated carbocycles. The first kappa shape index (κ1) is 14.2. The molecule has 0 bridgehead atoms. The van der Waals surface area contributed by atoms with Gasteiger partial charge in [0.05, 0.1) is 6.20 Å². The summed E-state index contributed by atoms with van der Waals surface area (Å²) in [5, 5.41) is 6.20. The maximum Gasteiger partial charge on any atom is 0.243 e. The lowest BCUT2D eigenvalue weighted by Crippen LogP contribution is -2.36. The van der Waals surface area contributed by atoms with E-state index in [-0.39, 0.29) is 10.9 Å². The van der Waals surface area contributed by atoms with Crippen LogP contribution >= 0.6 is 0 Å². The fourth-order valence-corrected chi connectivity index (χ4v) is 3.75. The van der Waals surface area contributed by atoms with Gasteiger partial charge in [-0.15, -0.1) is 0 Å². The van der Waals surface area contributed by atoms with Crippen LogP contribution in [0.4, 0.5) is 0 Å². The van der Waals surface area contributed by atoms with Gasteiger partial charge in [-0.1, -0.05) is 30.3 Å². The fraction of sp³-hybridized carbons (Fsp3) is 0.357. The molecule has 1 unspecified atom stereocenters. The van der Waals surface area contributed by atoms with Crippen molar-refractivity contribution in [2.75, 3.05) is 13.1 Å². The predicted molar refractivity (Wildman–Crippen MR) is 79.0 cm³/mol. The van der Waals surface area contributed by atoms with E-state index >= 15 is 0 Å². The zero-order valence-electron chi connectivity index (χ0n) is 11.6. The number of hydrogen-bond acceptors (Lipinski definition) is 4. The summed E-state index contributed by atoms with van der Waals surface area (Å²) in [6.45, 7) is 2.48. The molecule has 1 atom stereocenters. The second-order valence-corrected chi connectivity index (χ2v) is 6.98. The van der Waals surface area contributed by atoms with Crippen molar-refractivity contribution in [3.63, 3.8) is 0 Å². The molecule has 1 saturated heterocycles. The first-order valence-electron chi connectivity index (χ1n) is 6.91. The van der Waals surface area contributed by atoms with E-state index < -0.39 is 10.0 Å². The molecular weight excluding hydrogens is 288 g/mol. The molecule has 0 spiro atoms. The van der Waals surface area contributed by atoms with Gasteiger partial charge < -0.3 is 0 Å². The molecule has 112 valence electrons. The van der Waals surface area contributed by atoms with Crippen molar-refractivity contribution >= 4 is 10.0 Å². The van der Waals surface area contributed by atoms with Gasteiger partial charge >= 0.3 is 0 Å². The number of hydrogen-bond donors (Lipinski definition) is 2. The Balaban J connectivity index is 1.58. The standard InChI is InChI=1S/C14H18N4O2S/c19-21(20,14-8-15-16-9-14)17-13-6-7-18(11-13)10-12-4-2-1-3-5-12/h1-5,8-9,13,17H,6-7,10-11H2,(H,15,16). The van der Waals surface area contributed by atoms with Crippen LogP contribution in [0.15, 0.2) is 47.6 Å². The fourth-order valence-electron chi connectivity index (χ4n) is 2.59. The van der Waals surface area contributed by atoms with E-state index in [1.54, 1.807) is 0 Å². The molecule has 0 amide bonds. The lowest BCUT2D eigenvalue weighted by atomic mass is 10.2. The molecule has 2 aromatic rings. The number of likely N-dealkylation sites (tertiary alicyclic amines) is 1. The van der Waals surface area contributed by atoms with Crippen molar-refractivity contribution in [2.24, 2.45) is 0 Å². The van der Waals surface area contributed by atoms with Crippen LogP contribution in [0, 0.1) is 0 Å². The summed E-state index contributed by atoms with van der Waals surface area (Å²) in [5.74, 6) is 0. The van der Waals surface area contributed by atoms with Gasteiger partial charge in [0, 0.05) is 31.9 Å². The Hall–Kier alpha value is -1.70. The smallest absolute Gasteiger partial charge is 0.243 e. The molecule has 21 heavy (non-hydrogen) atoms. The largest absolute Gasteiger partial charge is 0.297 e. The third-order valence-corrected chi connectivity index (χ3v) is 5.11. The molecule has 0 aliphatic carbocycles. The maximum atomic E-state index is 12.1. The number of aromatic nitrogens is 2. The van der Waals surface area contributed by atoms with E-state index in [9.17, 15) is 8.42 Å². The monoisotopic (exact) mass is 306 g/mol. The molecular formula is C14H18N4O2S. The minimum absolute atomic E-state index is 0.0476. The third kappa shape index (κ3) is 3.49. The topological polar surface area (TPSA) is 78.1 Å². The van der Waals surface area contributed by atoms with Gasteiger partial charge in [0.15, 0.2) is 0 Å². The van der Waals surface area contributed by atoms with E-state index in [0.29, 0.717) is 0 Å². The van der Waals surface area contributed by atoms with Crippen LogP contribution in [-0.4, -0.2) is 42.6 Å². The number of rotatable bonds is 5. The first-order valence-corrected chi connectivity index (χ1v) is 8.39. The van der Waals surface area contributed by atoms with Crippen LogP contribution in [0.2, 0.25) is 0 Å². The van der Waals surface area contributed by atoms with Crippen LogP contribution in [0.3, 0.4) is 0 Å². The molecule has 0 radical (unpaired) electrons. The Morgan fingerprint density at radius 2 is 2.14 bits per heavy atom. The SMILES string of the molecule is O=S(=O)(NC1CCN(Cc2ccccc2)C1)c1cn[nH]c1. The zero-order valence-corrected chi connectivity index (χ0v) is 12.4. The van der Waals surface area contributed by atoms with E-state index in [1.165, 1.54) is 18.0 Å². The highest BCUT2D eigenvalue weighted by Crippen LogP contribution is 2.15. The normalized spacial score (nSPS) is 19.9. The van der Waals surface area contributed by atoms with Gasteiger partial charge in [-0.3, -0.25) is 10.00 Å². The molecule has 7 heteroatoms. The summed E-state index contributed by atoms with van der Waals surface area (Å²) in [6.07, 6.45) is 3.53. The van der Waals surface area contributed by atoms with Crippen LogP contribution < -0.4 is 4.72 Å². The number of benzene rings is 1. The van der Waals surface area contributed by atoms with Crippen LogP contribution in [-0.2, 0) is 16.6 Å². The van der Waals surface area contributed by atoms with E-state index in [2.05, 4.69) is 32.0 Å². The van der Waals surface area contributed by atoms with E-state index in [4.69, 9.17) is 0 Å². The van der Waals surface area contributed by atoms with Gasteiger partial charge in [-0.2, -0.15) is 5.10 Å². The molecule has 3 rings (SSSR count). The number of nitrogens with one attached hydrogen (secondary N) is 2. The van der Waals surface area contributed by atoms with Crippen molar-refractivity contribution < 1.29 is 8.42 Å². The minimum atomic E-state index is -3.47. The average Bonchev–Trinajstić information content (AvgIpc) is 3.11. The predicted octanol–water partition coefficient (Wildman–Crippen LogP) is 0.962. The molecule has 2 N–H and O–H groups in total. The summed E-state index contributed by atoms with van der Waals surface area (Å²) in [7, 11) is -3.47. The molecule has 1 aromatic heterocycles. The van der Waals surface area contributed by atoms with Gasteiger partial charge in [0.2, 0.25) is 10.0 Å². The van der Waals surface area contributed by atoms with Crippen LogP contribution in [0.1, 0.15) is 12.0 Å². The highest BCUT2D eigenvalue weighted by molar-refractivity contribution is 7.89. The molecule has 1 aromatic carbocycles. The number of H-pyrrole nitrogens is 1. The summed E-state index contributed by atoms with van der Waals surface area (Å²) >= 11 is 0. The highest BCUT2D eigenvalue weighted by atomic mass is 32.2. The number of aromatic amines is 1. The van der Waals surface area contributed by atoms with E-state index in [1.807, 2.05) is 18.2 Å². The summed E-state index contributed by atoms with van der Waals surface area (Å²) in [5.41, 5.74) is 1.25. The highest BCUT2D eigenvalue weighted by Gasteiger charge is 2.27. The molecule has 6 nitrogen and oxygen atoms in total. The Labute approximate surface area is 124 Å². The van der Waals surface area contributed by atoms with Crippen molar-refractivity contribution in [3.8, 4) is 0 Å². The molecule has 1 aliphatic rings. The molecule has 2 heterocycles. The van der Waals surface area contributed by atoms with Crippen LogP contribution in [0.25, 0.3) is 0 Å². The average molecular weight is 306 g/mol. The second-order valence-electron chi connectivity index (χ2n) is 5.26. The summed E-state index contributed by atoms with van der Waals surface area (Å²) in [6, 6.07) is 10.2. The summed E-state index contributed by atoms with van der Waals surface area (Å²) in [4.78, 5) is 2.45. The molecule has 1 fully saturated rings. The Kier molecular flexibility index (Phi) is 4.05. The Morgan fingerprint density at radius 1 is 1.33 bits per heavy atom. The number of nitrogens with zero attached hydrogens (tertiary/aromatic N) is 2. The summed E-state index contributed by atoms with van der Waals surface area (Å²) < 4.78 is 27.0. The van der Waals surface area contributed by atoms with Gasteiger partial charge in [0.25, 0.3) is 0 Å². The first-order chi connectivity index (χ1) is 10.1. The minimum Gasteiger partial charge on any atom is -0.297 e. The van der Waals surface area contributed by atoms with Crippen LogP contribution in [0.5, 0.6) is 0 Å². The van der Waals surface area contributed by atoms with Gasteiger partial charge in [-0.25, -0.2) is 13.1 Å². The van der Waals surface area contributed by atoms with Gasteiger partial charge in [0.1, 0.15) is 4.90 Å². The number of sulfonamides is 1. The van der Waals surface area contributed by atoms with E-state index in [0.717, 1.165) is 26.1 Å². The Morgan fingerprint density at radius 3 is 2.86 bits per heavy atom. The van der Waals surface area contributed by atoms with Crippen molar-refractivity contribution in [1.82, 2.24) is 19.8 Å². The zero-order chi connectivity index (χ0) is 14.7. The van der Waals surface area contributed by atoms with Gasteiger partial charge in [-0.05, 0) is 12.0 Å². The van der Waals surface area contributed by atoms with Crippen molar-refractivity contribution in [2.45, 2.75) is 23.9 Å². The quantitative estimate of drug-likeness (QED) is 0.862. The second kappa shape index (κ2) is 5.97. The third-order valence-electron chi connectivity index (χ3n) is 3.63. The lowest BCUT2D eigenvalue weighted by Gasteiger charge is -2.16. The van der Waals surface area contributed by atoms with Crippen molar-refractivity contribution in [1.29, 1.82) is 0 Å².